The first-order valence-electron chi connectivity index (χ1n) is 9.60. The van der Waals surface area contributed by atoms with Gasteiger partial charge >= 0.3 is 0 Å². The maximum Gasteiger partial charge on any atom is 0.271 e. The van der Waals surface area contributed by atoms with Crippen molar-refractivity contribution in [3.63, 3.8) is 0 Å². The number of hydrogen-bond donors (Lipinski definition) is 1. The summed E-state index contributed by atoms with van der Waals surface area (Å²) in [7, 11) is 1.60. The second-order valence-electron chi connectivity index (χ2n) is 7.64. The lowest BCUT2D eigenvalue weighted by molar-refractivity contribution is 0.0955. The van der Waals surface area contributed by atoms with E-state index in [1.807, 2.05) is 42.5 Å². The van der Waals surface area contributed by atoms with E-state index in [-0.39, 0.29) is 11.3 Å². The lowest BCUT2D eigenvalue weighted by atomic mass is 9.87. The zero-order valence-corrected chi connectivity index (χ0v) is 17.4. The Morgan fingerprint density at radius 3 is 2.43 bits per heavy atom. The second kappa shape index (κ2) is 9.93. The van der Waals surface area contributed by atoms with Crippen molar-refractivity contribution in [2.75, 3.05) is 13.7 Å². The Morgan fingerprint density at radius 2 is 1.82 bits per heavy atom. The molecule has 0 heterocycles. The van der Waals surface area contributed by atoms with E-state index in [9.17, 15) is 4.79 Å². The number of benzene rings is 2. The maximum absolute atomic E-state index is 12.3. The average Bonchev–Trinajstić information content (AvgIpc) is 2.68. The lowest BCUT2D eigenvalue weighted by Gasteiger charge is -2.18. The number of carbonyl (C=O) groups excluding carboxylic acids is 1. The Kier molecular flexibility index (Phi) is 7.61. The minimum Gasteiger partial charge on any atom is -0.493 e. The fraction of sp³-hybridized carbons (Fsp3) is 0.391. The highest BCUT2D eigenvalue weighted by atomic mass is 16.5. The molecule has 0 saturated carbocycles. The molecule has 5 nitrogen and oxygen atoms in total. The molecule has 2 rings (SSSR count). The van der Waals surface area contributed by atoms with Crippen LogP contribution in [0.2, 0.25) is 0 Å². The molecule has 0 aliphatic carbocycles. The number of hydrogen-bond acceptors (Lipinski definition) is 4. The van der Waals surface area contributed by atoms with Crippen molar-refractivity contribution in [1.82, 2.24) is 5.43 Å². The fourth-order valence-corrected chi connectivity index (χ4v) is 2.56. The highest BCUT2D eigenvalue weighted by Crippen LogP contribution is 2.27. The smallest absolute Gasteiger partial charge is 0.271 e. The summed E-state index contributed by atoms with van der Waals surface area (Å²) in [4.78, 5) is 12.3. The average molecular weight is 383 g/mol. The van der Waals surface area contributed by atoms with E-state index in [0.29, 0.717) is 23.7 Å². The van der Waals surface area contributed by atoms with Gasteiger partial charge in [-0.2, -0.15) is 5.10 Å². The van der Waals surface area contributed by atoms with Crippen LogP contribution in [0.1, 0.15) is 62.0 Å². The number of ether oxygens (including phenoxy) is 2. The van der Waals surface area contributed by atoms with E-state index in [1.54, 1.807) is 13.3 Å². The van der Waals surface area contributed by atoms with Gasteiger partial charge < -0.3 is 9.47 Å². The van der Waals surface area contributed by atoms with Crippen molar-refractivity contribution < 1.29 is 14.3 Å². The van der Waals surface area contributed by atoms with E-state index in [1.165, 1.54) is 5.56 Å². The van der Waals surface area contributed by atoms with Gasteiger partial charge in [0.05, 0.1) is 19.9 Å². The molecule has 0 aliphatic heterocycles. The summed E-state index contributed by atoms with van der Waals surface area (Å²) >= 11 is 0. The number of nitrogens with zero attached hydrogens (tertiary/aromatic N) is 1. The first-order valence-corrected chi connectivity index (χ1v) is 9.60. The molecule has 150 valence electrons. The van der Waals surface area contributed by atoms with E-state index < -0.39 is 0 Å². The fourth-order valence-electron chi connectivity index (χ4n) is 2.56. The zero-order chi connectivity index (χ0) is 20.6. The maximum atomic E-state index is 12.3. The van der Waals surface area contributed by atoms with Gasteiger partial charge in [-0.05, 0) is 53.3 Å². The van der Waals surface area contributed by atoms with E-state index >= 15 is 0 Å². The van der Waals surface area contributed by atoms with Gasteiger partial charge in [0.25, 0.3) is 5.91 Å². The minimum absolute atomic E-state index is 0.0542. The molecule has 2 aromatic carbocycles. The zero-order valence-electron chi connectivity index (χ0n) is 17.4. The molecule has 0 aromatic heterocycles. The van der Waals surface area contributed by atoms with Gasteiger partial charge in [0, 0.05) is 5.56 Å². The summed E-state index contributed by atoms with van der Waals surface area (Å²) in [6, 6.07) is 13.1. The molecule has 1 N–H and O–H groups in total. The molecule has 0 unspecified atom stereocenters. The normalized spacial score (nSPS) is 11.5. The van der Waals surface area contributed by atoms with Crippen LogP contribution in [0.25, 0.3) is 0 Å². The van der Waals surface area contributed by atoms with E-state index in [0.717, 1.165) is 18.4 Å². The van der Waals surface area contributed by atoms with Gasteiger partial charge in [-0.3, -0.25) is 4.79 Å². The first-order chi connectivity index (χ1) is 13.3. The van der Waals surface area contributed by atoms with Crippen LogP contribution in [-0.2, 0) is 5.41 Å². The monoisotopic (exact) mass is 382 g/mol. The molecule has 0 radical (unpaired) electrons. The molecular formula is C23H30N2O3. The third-order valence-corrected chi connectivity index (χ3v) is 4.34. The van der Waals surface area contributed by atoms with E-state index in [4.69, 9.17) is 9.47 Å². The highest BCUT2D eigenvalue weighted by molar-refractivity contribution is 5.95. The number of carbonyl (C=O) groups is 1. The number of hydrazone groups is 1. The molecular weight excluding hydrogens is 352 g/mol. The van der Waals surface area contributed by atoms with Gasteiger partial charge in [0.15, 0.2) is 11.5 Å². The molecule has 0 atom stereocenters. The molecule has 28 heavy (non-hydrogen) atoms. The van der Waals surface area contributed by atoms with Gasteiger partial charge in [0.2, 0.25) is 0 Å². The summed E-state index contributed by atoms with van der Waals surface area (Å²) in [5.74, 6) is 1.10. The second-order valence-corrected chi connectivity index (χ2v) is 7.64. The number of amides is 1. The predicted molar refractivity (Wildman–Crippen MR) is 114 cm³/mol. The number of methoxy groups -OCH3 is 1. The van der Waals surface area contributed by atoms with Crippen LogP contribution in [-0.4, -0.2) is 25.8 Å². The van der Waals surface area contributed by atoms with Gasteiger partial charge in [0.1, 0.15) is 0 Å². The van der Waals surface area contributed by atoms with Crippen LogP contribution in [0, 0.1) is 0 Å². The molecule has 1 amide bonds. The topological polar surface area (TPSA) is 59.9 Å². The Hall–Kier alpha value is -2.82. The SMILES string of the molecule is CCCCOc1ccc(/C=N/NC(=O)c2ccc(C(C)(C)C)cc2)cc1OC. The summed E-state index contributed by atoms with van der Waals surface area (Å²) in [6.45, 7) is 9.19. The molecule has 2 aromatic rings. The molecule has 0 aliphatic rings. The Labute approximate surface area is 167 Å². The third kappa shape index (κ3) is 6.12. The lowest BCUT2D eigenvalue weighted by Crippen LogP contribution is -2.18. The van der Waals surface area contributed by atoms with Crippen molar-refractivity contribution in [2.45, 2.75) is 46.0 Å². The summed E-state index contributed by atoms with van der Waals surface area (Å²) < 4.78 is 11.1. The van der Waals surface area contributed by atoms with Crippen molar-refractivity contribution >= 4 is 12.1 Å². The number of unbranched alkanes of at least 4 members (excludes halogenated alkanes) is 1. The molecule has 0 saturated heterocycles. The third-order valence-electron chi connectivity index (χ3n) is 4.34. The number of nitrogens with one attached hydrogen (secondary N) is 1. The predicted octanol–water partition coefficient (Wildman–Crippen LogP) is 4.94. The molecule has 5 heteroatoms. The van der Waals surface area contributed by atoms with Gasteiger partial charge in [-0.25, -0.2) is 5.43 Å². The summed E-state index contributed by atoms with van der Waals surface area (Å²) in [6.07, 6.45) is 3.65. The van der Waals surface area contributed by atoms with Crippen molar-refractivity contribution in [3.8, 4) is 11.5 Å². The van der Waals surface area contributed by atoms with Crippen molar-refractivity contribution in [2.24, 2.45) is 5.10 Å². The highest BCUT2D eigenvalue weighted by Gasteiger charge is 2.14. The summed E-state index contributed by atoms with van der Waals surface area (Å²) in [5.41, 5.74) is 5.17. The largest absolute Gasteiger partial charge is 0.493 e. The molecule has 0 spiro atoms. The Morgan fingerprint density at radius 1 is 1.11 bits per heavy atom. The van der Waals surface area contributed by atoms with Gasteiger partial charge in [-0.15, -0.1) is 0 Å². The van der Waals surface area contributed by atoms with Crippen LogP contribution < -0.4 is 14.9 Å². The minimum atomic E-state index is -0.247. The quantitative estimate of drug-likeness (QED) is 0.400. The molecule has 0 fully saturated rings. The molecule has 0 bridgehead atoms. The summed E-state index contributed by atoms with van der Waals surface area (Å²) in [5, 5.41) is 4.05. The Bertz CT molecular complexity index is 806. The van der Waals surface area contributed by atoms with Crippen LogP contribution >= 0.6 is 0 Å². The standard InChI is InChI=1S/C23H30N2O3/c1-6-7-14-28-20-13-8-17(15-21(20)27-5)16-24-25-22(26)18-9-11-19(12-10-18)23(2,3)4/h8-13,15-16H,6-7,14H2,1-5H3,(H,25,26)/b24-16+. The van der Waals surface area contributed by atoms with Crippen LogP contribution in [0.4, 0.5) is 0 Å². The van der Waals surface area contributed by atoms with Gasteiger partial charge in [-0.1, -0.05) is 46.2 Å². The van der Waals surface area contributed by atoms with Crippen molar-refractivity contribution in [3.05, 3.63) is 59.2 Å². The number of rotatable bonds is 8. The van der Waals surface area contributed by atoms with Crippen LogP contribution in [0.15, 0.2) is 47.6 Å². The Balaban J connectivity index is 1.98. The first kappa shape index (κ1) is 21.5. The van der Waals surface area contributed by atoms with Crippen LogP contribution in [0.5, 0.6) is 11.5 Å². The van der Waals surface area contributed by atoms with Crippen molar-refractivity contribution in [1.29, 1.82) is 0 Å². The van der Waals surface area contributed by atoms with Crippen LogP contribution in [0.3, 0.4) is 0 Å². The van der Waals surface area contributed by atoms with E-state index in [2.05, 4.69) is 38.2 Å².